The van der Waals surface area contributed by atoms with Crippen molar-refractivity contribution in [2.24, 2.45) is 11.8 Å². The Morgan fingerprint density at radius 2 is 1.58 bits per heavy atom. The van der Waals surface area contributed by atoms with Crippen LogP contribution in [0.5, 0.6) is 0 Å². The summed E-state index contributed by atoms with van der Waals surface area (Å²) in [6, 6.07) is -0.900. The first-order valence-electron chi connectivity index (χ1n) is 9.01. The molecule has 0 heterocycles. The highest BCUT2D eigenvalue weighted by Crippen LogP contribution is 2.16. The topological polar surface area (TPSA) is 84.9 Å². The molecule has 0 bridgehead atoms. The number of ether oxygens (including phenoxy) is 1. The fourth-order valence-corrected chi connectivity index (χ4v) is 2.74. The van der Waals surface area contributed by atoms with Crippen molar-refractivity contribution < 1.29 is 23.5 Å². The van der Waals surface area contributed by atoms with Crippen LogP contribution in [0.3, 0.4) is 0 Å². The first-order valence-corrected chi connectivity index (χ1v) is 12.4. The lowest BCUT2D eigenvalue weighted by atomic mass is 9.96. The number of amides is 2. The molecule has 2 amide bonds. The van der Waals surface area contributed by atoms with Gasteiger partial charge in [-0.2, -0.15) is 0 Å². The lowest BCUT2D eigenvalue weighted by Crippen LogP contribution is -2.53. The summed E-state index contributed by atoms with van der Waals surface area (Å²) in [5.74, 6) is -0.781. The summed E-state index contributed by atoms with van der Waals surface area (Å²) in [5.41, 5.74) is -0.647. The van der Waals surface area contributed by atoms with Crippen LogP contribution in [0, 0.1) is 11.8 Å². The van der Waals surface area contributed by atoms with Crippen LogP contribution in [0.25, 0.3) is 0 Å². The Kier molecular flexibility index (Phi) is 8.82. The zero-order chi connectivity index (χ0) is 20.9. The molecule has 0 aliphatic heterocycles. The Balaban J connectivity index is 5.26. The van der Waals surface area contributed by atoms with E-state index >= 15 is 0 Å². The Bertz CT molecular complexity index is 509. The quantitative estimate of drug-likeness (QED) is 0.678. The van der Waals surface area contributed by atoms with Crippen LogP contribution < -0.4 is 5.32 Å². The lowest BCUT2D eigenvalue weighted by Gasteiger charge is -2.32. The van der Waals surface area contributed by atoms with Crippen LogP contribution in [0.1, 0.15) is 41.5 Å². The van der Waals surface area contributed by atoms with Gasteiger partial charge in [-0.15, -0.1) is 0 Å². The van der Waals surface area contributed by atoms with E-state index in [0.29, 0.717) is 0 Å². The highest BCUT2D eigenvalue weighted by Gasteiger charge is 2.34. The van der Waals surface area contributed by atoms with Crippen LogP contribution in [0.15, 0.2) is 0 Å². The Morgan fingerprint density at radius 3 is 1.96 bits per heavy atom. The highest BCUT2D eigenvalue weighted by molar-refractivity contribution is 6.71. The minimum Gasteiger partial charge on any atom is -0.518 e. The molecule has 1 N–H and O–H groups in total. The van der Waals surface area contributed by atoms with Gasteiger partial charge >= 0.3 is 12.1 Å². The van der Waals surface area contributed by atoms with Gasteiger partial charge in [0.15, 0.2) is 0 Å². The van der Waals surface area contributed by atoms with Gasteiger partial charge in [-0.3, -0.25) is 9.59 Å². The third-order valence-corrected chi connectivity index (χ3v) is 4.54. The molecule has 8 heteroatoms. The molecule has 0 spiro atoms. The fourth-order valence-electron chi connectivity index (χ4n) is 2.00. The van der Waals surface area contributed by atoms with E-state index in [1.807, 2.05) is 40.4 Å². The van der Waals surface area contributed by atoms with E-state index in [1.54, 1.807) is 27.8 Å². The van der Waals surface area contributed by atoms with E-state index in [4.69, 9.17) is 9.16 Å². The molecule has 0 radical (unpaired) electrons. The van der Waals surface area contributed by atoms with Crippen LogP contribution in [0.2, 0.25) is 19.6 Å². The maximum atomic E-state index is 12.7. The van der Waals surface area contributed by atoms with Crippen molar-refractivity contribution in [1.82, 2.24) is 10.2 Å². The molecule has 2 atom stereocenters. The average Bonchev–Trinajstić information content (AvgIpc) is 2.41. The number of carbonyl (C=O) groups is 3. The fraction of sp³-hybridized carbons (Fsp3) is 0.833. The molecule has 152 valence electrons. The third kappa shape index (κ3) is 9.21. The second-order valence-electron chi connectivity index (χ2n) is 8.91. The van der Waals surface area contributed by atoms with E-state index < -0.39 is 32.0 Å². The lowest BCUT2D eigenvalue weighted by molar-refractivity contribution is -0.149. The van der Waals surface area contributed by atoms with Gasteiger partial charge in [0.1, 0.15) is 11.6 Å². The van der Waals surface area contributed by atoms with Gasteiger partial charge in [0.2, 0.25) is 14.2 Å². The molecule has 7 nitrogen and oxygen atoms in total. The van der Waals surface area contributed by atoms with Gasteiger partial charge in [0.05, 0.1) is 6.54 Å². The minimum absolute atomic E-state index is 0.0642. The van der Waals surface area contributed by atoms with Crippen molar-refractivity contribution in [2.75, 3.05) is 13.6 Å². The summed E-state index contributed by atoms with van der Waals surface area (Å²) in [6.45, 7) is 16.6. The maximum absolute atomic E-state index is 12.7. The number of nitrogens with zero attached hydrogens (tertiary/aromatic N) is 1. The van der Waals surface area contributed by atoms with Crippen molar-refractivity contribution in [3.63, 3.8) is 0 Å². The molecule has 0 aromatic heterocycles. The van der Waals surface area contributed by atoms with Crippen molar-refractivity contribution in [2.45, 2.75) is 72.8 Å². The van der Waals surface area contributed by atoms with Gasteiger partial charge in [-0.1, -0.05) is 20.8 Å². The molecule has 0 fully saturated rings. The summed E-state index contributed by atoms with van der Waals surface area (Å²) in [4.78, 5) is 38.6. The molecule has 0 aromatic carbocycles. The molecule has 0 aromatic rings. The van der Waals surface area contributed by atoms with Crippen LogP contribution >= 0.6 is 0 Å². The first-order chi connectivity index (χ1) is 11.5. The predicted octanol–water partition coefficient (Wildman–Crippen LogP) is 3.01. The number of alkyl carbamates (subject to hydrolysis) is 1. The molecule has 0 unspecified atom stereocenters. The van der Waals surface area contributed by atoms with Gasteiger partial charge in [-0.05, 0) is 46.3 Å². The number of likely N-dealkylation sites (N-methyl/N-ethyl adjacent to an activating group) is 1. The zero-order valence-electron chi connectivity index (χ0n) is 17.9. The minimum atomic E-state index is -2.14. The number of rotatable bonds is 7. The highest BCUT2D eigenvalue weighted by atomic mass is 28.4. The van der Waals surface area contributed by atoms with Crippen LogP contribution in [-0.4, -0.2) is 56.4 Å². The Morgan fingerprint density at radius 1 is 1.08 bits per heavy atom. The maximum Gasteiger partial charge on any atom is 0.407 e. The van der Waals surface area contributed by atoms with Gasteiger partial charge in [-0.25, -0.2) is 4.79 Å². The molecule has 0 rings (SSSR count). The van der Waals surface area contributed by atoms with E-state index in [0.717, 1.165) is 0 Å². The summed E-state index contributed by atoms with van der Waals surface area (Å²) in [6.07, 6.45) is -0.638. The second kappa shape index (κ2) is 9.39. The SMILES string of the molecule is CC(C)[C@H](C)C(=O)N(C)[C@@H](CNC(=O)OC(C)(C)C)C(=O)O[Si](C)(C)C. The predicted molar refractivity (Wildman–Crippen MR) is 104 cm³/mol. The number of hydrogen-bond donors (Lipinski definition) is 1. The molecular weight excluding hydrogens is 352 g/mol. The van der Waals surface area contributed by atoms with Gasteiger partial charge in [0, 0.05) is 13.0 Å². The molecule has 0 aliphatic carbocycles. The van der Waals surface area contributed by atoms with Crippen molar-refractivity contribution in [3.8, 4) is 0 Å². The Hall–Kier alpha value is -1.57. The standard InChI is InChI=1S/C18H36N2O5Si/c1-12(2)13(3)15(21)20(7)14(16(22)25-26(8,9)10)11-19-17(23)24-18(4,5)6/h12-14H,11H2,1-10H3,(H,19,23)/t13-,14-/m0/s1. The zero-order valence-corrected chi connectivity index (χ0v) is 18.9. The van der Waals surface area contributed by atoms with Crippen LogP contribution in [0.4, 0.5) is 4.79 Å². The third-order valence-electron chi connectivity index (χ3n) is 3.72. The van der Waals surface area contributed by atoms with Crippen molar-refractivity contribution in [3.05, 3.63) is 0 Å². The summed E-state index contributed by atoms with van der Waals surface area (Å²) in [7, 11) is -0.575. The molecule has 0 aliphatic rings. The molecular formula is C18H36N2O5Si. The number of hydrogen-bond acceptors (Lipinski definition) is 5. The van der Waals surface area contributed by atoms with Gasteiger partial charge < -0.3 is 19.4 Å². The first kappa shape index (κ1) is 24.4. The van der Waals surface area contributed by atoms with Crippen molar-refractivity contribution in [1.29, 1.82) is 0 Å². The van der Waals surface area contributed by atoms with E-state index in [2.05, 4.69) is 5.32 Å². The summed E-state index contributed by atoms with van der Waals surface area (Å²) >= 11 is 0. The summed E-state index contributed by atoms with van der Waals surface area (Å²) in [5, 5.41) is 2.57. The van der Waals surface area contributed by atoms with Crippen molar-refractivity contribution >= 4 is 26.3 Å². The van der Waals surface area contributed by atoms with Crippen LogP contribution in [-0.2, 0) is 18.8 Å². The average molecular weight is 389 g/mol. The monoisotopic (exact) mass is 388 g/mol. The largest absolute Gasteiger partial charge is 0.518 e. The normalized spacial score (nSPS) is 14.4. The number of nitrogens with one attached hydrogen (secondary N) is 1. The second-order valence-corrected chi connectivity index (χ2v) is 13.3. The molecule has 0 saturated heterocycles. The van der Waals surface area contributed by atoms with Gasteiger partial charge in [0.25, 0.3) is 0 Å². The van der Waals surface area contributed by atoms with E-state index in [-0.39, 0.29) is 24.3 Å². The van der Waals surface area contributed by atoms with E-state index in [1.165, 1.54) is 4.90 Å². The van der Waals surface area contributed by atoms with E-state index in [9.17, 15) is 14.4 Å². The molecule has 0 saturated carbocycles. The summed E-state index contributed by atoms with van der Waals surface area (Å²) < 4.78 is 10.8. The smallest absolute Gasteiger partial charge is 0.407 e. The number of carbonyl (C=O) groups excluding carboxylic acids is 3. The Labute approximate surface area is 158 Å². The molecule has 26 heavy (non-hydrogen) atoms.